The number of carbonyl (C=O) groups excluding carboxylic acids is 2. The van der Waals surface area contributed by atoms with Crippen molar-refractivity contribution in [2.24, 2.45) is 22.2 Å². The summed E-state index contributed by atoms with van der Waals surface area (Å²) in [5.74, 6) is 5.32. The largest absolute Gasteiger partial charge is 0.465 e. The van der Waals surface area contributed by atoms with Crippen molar-refractivity contribution in [2.45, 2.75) is 104 Å². The van der Waals surface area contributed by atoms with Crippen LogP contribution in [0.3, 0.4) is 0 Å². The topological polar surface area (TPSA) is 71.1 Å². The van der Waals surface area contributed by atoms with Crippen LogP contribution < -0.4 is 0 Å². The highest BCUT2D eigenvalue weighted by molar-refractivity contribution is 9.09. The van der Waals surface area contributed by atoms with Crippen molar-refractivity contribution in [1.82, 2.24) is 0 Å². The molecule has 2 bridgehead atoms. The molecule has 0 spiro atoms. The SMILES string of the molecule is CCOC(=O)C(CC#CCCCCBr)(CC1OC2[C@H]3CC[C@](C)(C3(C)C)[C@]2(C)O1)C(=O)OCC. The van der Waals surface area contributed by atoms with E-state index in [9.17, 15) is 9.59 Å². The predicted octanol–water partition coefficient (Wildman–Crippen LogP) is 5.40. The number of alkyl halides is 1. The number of unbranched alkanes of at least 4 members (excludes halogenated alkanes) is 2. The van der Waals surface area contributed by atoms with Gasteiger partial charge >= 0.3 is 11.9 Å². The highest BCUT2D eigenvalue weighted by Gasteiger charge is 2.76. The van der Waals surface area contributed by atoms with E-state index in [0.717, 1.165) is 31.0 Å². The van der Waals surface area contributed by atoms with Gasteiger partial charge in [0.2, 0.25) is 0 Å². The molecule has 192 valence electrons. The van der Waals surface area contributed by atoms with E-state index >= 15 is 0 Å². The number of halogens is 1. The van der Waals surface area contributed by atoms with Crippen molar-refractivity contribution >= 4 is 27.9 Å². The number of hydrogen-bond donors (Lipinski definition) is 0. The maximum absolute atomic E-state index is 13.3. The van der Waals surface area contributed by atoms with Gasteiger partial charge < -0.3 is 18.9 Å². The van der Waals surface area contributed by atoms with Crippen LogP contribution in [0.5, 0.6) is 0 Å². The van der Waals surface area contributed by atoms with Gasteiger partial charge in [0.05, 0.1) is 19.3 Å². The molecule has 0 aromatic rings. The third-order valence-electron chi connectivity index (χ3n) is 9.03. The first-order chi connectivity index (χ1) is 16.0. The van der Waals surface area contributed by atoms with Crippen LogP contribution in [0, 0.1) is 34.0 Å². The standard InChI is InChI=1S/C27H41BrO6/c1-7-31-22(29)27(23(30)32-8-2,15-12-10-9-11-13-17-28)18-20-33-21-19-14-16-25(5,24(19,3)4)26(21,6)34-20/h19-21H,7-9,11,13-18H2,1-6H3/t19-,20?,21?,25-,26-/m1/s1. The molecule has 2 unspecified atom stereocenters. The monoisotopic (exact) mass is 540 g/mol. The predicted molar refractivity (Wildman–Crippen MR) is 133 cm³/mol. The lowest BCUT2D eigenvalue weighted by atomic mass is 9.65. The van der Waals surface area contributed by atoms with Crippen LogP contribution in [0.4, 0.5) is 0 Å². The van der Waals surface area contributed by atoms with Gasteiger partial charge in [0.25, 0.3) is 0 Å². The molecule has 0 aromatic carbocycles. The zero-order chi connectivity index (χ0) is 25.2. The Morgan fingerprint density at radius 3 is 2.26 bits per heavy atom. The van der Waals surface area contributed by atoms with E-state index in [1.165, 1.54) is 0 Å². The number of rotatable bonds is 10. The summed E-state index contributed by atoms with van der Waals surface area (Å²) in [6.45, 7) is 12.8. The van der Waals surface area contributed by atoms with E-state index in [1.54, 1.807) is 13.8 Å². The summed E-state index contributed by atoms with van der Waals surface area (Å²) in [5, 5.41) is 0.928. The molecular weight excluding hydrogens is 500 g/mol. The van der Waals surface area contributed by atoms with Gasteiger partial charge in [0, 0.05) is 30.0 Å². The maximum atomic E-state index is 13.3. The van der Waals surface area contributed by atoms with Gasteiger partial charge in [-0.2, -0.15) is 0 Å². The zero-order valence-electron chi connectivity index (χ0n) is 21.6. The van der Waals surface area contributed by atoms with Crippen molar-refractivity contribution in [1.29, 1.82) is 0 Å². The lowest BCUT2D eigenvalue weighted by Crippen LogP contribution is -2.50. The van der Waals surface area contributed by atoms with Crippen molar-refractivity contribution in [3.8, 4) is 11.8 Å². The fourth-order valence-electron chi connectivity index (χ4n) is 6.53. The van der Waals surface area contributed by atoms with Crippen LogP contribution in [0.25, 0.3) is 0 Å². The molecule has 1 heterocycles. The van der Waals surface area contributed by atoms with Gasteiger partial charge in [0.1, 0.15) is 5.60 Å². The van der Waals surface area contributed by atoms with E-state index in [2.05, 4.69) is 55.5 Å². The minimum Gasteiger partial charge on any atom is -0.465 e. The first kappa shape index (κ1) is 27.5. The third kappa shape index (κ3) is 4.33. The Hall–Kier alpha value is -1.10. The second-order valence-corrected chi connectivity index (χ2v) is 11.6. The van der Waals surface area contributed by atoms with Crippen LogP contribution in [0.2, 0.25) is 0 Å². The number of esters is 2. The third-order valence-corrected chi connectivity index (χ3v) is 9.59. The van der Waals surface area contributed by atoms with E-state index in [1.807, 2.05) is 0 Å². The summed E-state index contributed by atoms with van der Waals surface area (Å²) in [5.41, 5.74) is -2.00. The average molecular weight is 542 g/mol. The number of ether oxygens (including phenoxy) is 4. The molecule has 2 saturated carbocycles. The molecule has 0 aromatic heterocycles. The molecule has 6 nitrogen and oxygen atoms in total. The van der Waals surface area contributed by atoms with Gasteiger partial charge in [-0.15, -0.1) is 11.8 Å². The van der Waals surface area contributed by atoms with Crippen LogP contribution in [-0.4, -0.2) is 48.5 Å². The fourth-order valence-corrected chi connectivity index (χ4v) is 6.92. The van der Waals surface area contributed by atoms with Gasteiger partial charge in [-0.05, 0) is 57.8 Å². The van der Waals surface area contributed by atoms with E-state index in [0.29, 0.717) is 12.3 Å². The summed E-state index contributed by atoms with van der Waals surface area (Å²) in [6, 6.07) is 0. The normalized spacial score (nSPS) is 33.2. The van der Waals surface area contributed by atoms with E-state index in [-0.39, 0.29) is 43.0 Å². The second-order valence-electron chi connectivity index (χ2n) is 10.8. The summed E-state index contributed by atoms with van der Waals surface area (Å²) < 4.78 is 23.9. The van der Waals surface area contributed by atoms with Crippen molar-refractivity contribution in [3.63, 3.8) is 0 Å². The number of carbonyl (C=O) groups is 2. The Bertz CT molecular complexity index is 811. The molecule has 3 rings (SSSR count). The second kappa shape index (κ2) is 10.5. The summed E-state index contributed by atoms with van der Waals surface area (Å²) in [6.07, 6.45) is 4.16. The van der Waals surface area contributed by atoms with Crippen molar-refractivity contribution in [2.75, 3.05) is 18.5 Å². The van der Waals surface area contributed by atoms with Crippen molar-refractivity contribution in [3.05, 3.63) is 0 Å². The molecule has 34 heavy (non-hydrogen) atoms. The lowest BCUT2D eigenvalue weighted by molar-refractivity contribution is -0.189. The molecule has 5 atom stereocenters. The van der Waals surface area contributed by atoms with Crippen LogP contribution in [0.1, 0.15) is 86.5 Å². The van der Waals surface area contributed by atoms with E-state index < -0.39 is 29.2 Å². The van der Waals surface area contributed by atoms with Crippen LogP contribution in [0.15, 0.2) is 0 Å². The van der Waals surface area contributed by atoms with Gasteiger partial charge in [-0.25, -0.2) is 0 Å². The molecule has 0 amide bonds. The lowest BCUT2D eigenvalue weighted by Gasteiger charge is -2.45. The molecule has 3 aliphatic rings. The van der Waals surface area contributed by atoms with Gasteiger partial charge in [-0.1, -0.05) is 36.7 Å². The number of fused-ring (bicyclic) bond motifs is 5. The first-order valence-electron chi connectivity index (χ1n) is 12.7. The molecular formula is C27H41BrO6. The first-order valence-corrected chi connectivity index (χ1v) is 13.9. The Balaban J connectivity index is 1.87. The van der Waals surface area contributed by atoms with Crippen LogP contribution in [-0.2, 0) is 28.5 Å². The molecule has 7 heteroatoms. The molecule has 0 radical (unpaired) electrons. The highest BCUT2D eigenvalue weighted by atomic mass is 79.9. The average Bonchev–Trinajstić information content (AvgIpc) is 3.28. The number of hydrogen-bond acceptors (Lipinski definition) is 6. The Labute approximate surface area is 213 Å². The van der Waals surface area contributed by atoms with E-state index in [4.69, 9.17) is 18.9 Å². The minimum absolute atomic E-state index is 0.0236. The Morgan fingerprint density at radius 1 is 1.06 bits per heavy atom. The molecule has 0 N–H and O–H groups in total. The Morgan fingerprint density at radius 2 is 1.71 bits per heavy atom. The Kier molecular flexibility index (Phi) is 8.48. The van der Waals surface area contributed by atoms with Gasteiger partial charge in [0.15, 0.2) is 11.7 Å². The smallest absolute Gasteiger partial charge is 0.324 e. The molecule has 2 aliphatic carbocycles. The van der Waals surface area contributed by atoms with Gasteiger partial charge in [-0.3, -0.25) is 9.59 Å². The molecule has 1 aliphatic heterocycles. The summed E-state index contributed by atoms with van der Waals surface area (Å²) in [4.78, 5) is 26.5. The summed E-state index contributed by atoms with van der Waals surface area (Å²) >= 11 is 3.42. The quantitative estimate of drug-likeness (QED) is 0.121. The maximum Gasteiger partial charge on any atom is 0.324 e. The van der Waals surface area contributed by atoms with Crippen LogP contribution >= 0.6 is 15.9 Å². The highest BCUT2D eigenvalue weighted by Crippen LogP contribution is 2.73. The molecule has 3 fully saturated rings. The van der Waals surface area contributed by atoms with Crippen molar-refractivity contribution < 1.29 is 28.5 Å². The summed E-state index contributed by atoms with van der Waals surface area (Å²) in [7, 11) is 0. The minimum atomic E-state index is -1.58. The molecule has 1 saturated heterocycles. The fraction of sp³-hybridized carbons (Fsp3) is 0.852. The zero-order valence-corrected chi connectivity index (χ0v) is 23.2.